The van der Waals surface area contributed by atoms with E-state index < -0.39 is 0 Å². The highest BCUT2D eigenvalue weighted by Crippen LogP contribution is 2.23. The largest absolute Gasteiger partial charge is 0.378 e. The van der Waals surface area contributed by atoms with Crippen LogP contribution in [-0.2, 0) is 16.1 Å². The van der Waals surface area contributed by atoms with E-state index in [1.807, 2.05) is 24.3 Å². The third kappa shape index (κ3) is 4.85. The first-order chi connectivity index (χ1) is 14.2. The summed E-state index contributed by atoms with van der Waals surface area (Å²) >= 11 is 0. The minimum atomic E-state index is -0.0199. The summed E-state index contributed by atoms with van der Waals surface area (Å²) in [7, 11) is 0. The van der Waals surface area contributed by atoms with Crippen LogP contribution in [0.3, 0.4) is 0 Å². The molecule has 3 heterocycles. The highest BCUT2D eigenvalue weighted by atomic mass is 16.5. The highest BCUT2D eigenvalue weighted by molar-refractivity contribution is 5.79. The average Bonchev–Trinajstić information content (AvgIpc) is 2.79. The molecule has 7 nitrogen and oxygen atoms in total. The quantitative estimate of drug-likeness (QED) is 0.837. The predicted octanol–water partition coefficient (Wildman–Crippen LogP) is 2.15. The lowest BCUT2D eigenvalue weighted by Crippen LogP contribution is -2.43. The topological polar surface area (TPSA) is 70.6 Å². The van der Waals surface area contributed by atoms with Crippen LogP contribution in [0.2, 0.25) is 0 Å². The van der Waals surface area contributed by atoms with Crippen molar-refractivity contribution in [2.24, 2.45) is 5.92 Å². The number of nitrogens with one attached hydrogen (secondary N) is 1. The van der Waals surface area contributed by atoms with Crippen LogP contribution < -0.4 is 15.1 Å². The Kier molecular flexibility index (Phi) is 6.24. The Morgan fingerprint density at radius 2 is 1.79 bits per heavy atom. The molecule has 29 heavy (non-hydrogen) atoms. The molecule has 0 radical (unpaired) electrons. The Morgan fingerprint density at radius 1 is 1.07 bits per heavy atom. The second-order valence-electron chi connectivity index (χ2n) is 7.78. The molecule has 7 heteroatoms. The van der Waals surface area contributed by atoms with E-state index in [4.69, 9.17) is 4.74 Å². The lowest BCUT2D eigenvalue weighted by atomic mass is 9.97. The van der Waals surface area contributed by atoms with E-state index in [1.165, 1.54) is 5.56 Å². The lowest BCUT2D eigenvalue weighted by molar-refractivity contribution is -0.125. The van der Waals surface area contributed by atoms with Gasteiger partial charge in [0.2, 0.25) is 5.91 Å². The molecule has 2 fully saturated rings. The van der Waals surface area contributed by atoms with Crippen molar-refractivity contribution in [3.63, 3.8) is 0 Å². The van der Waals surface area contributed by atoms with E-state index in [1.54, 1.807) is 0 Å². The van der Waals surface area contributed by atoms with Crippen LogP contribution in [0.5, 0.6) is 0 Å². The van der Waals surface area contributed by atoms with Crippen molar-refractivity contribution in [2.75, 3.05) is 49.2 Å². The monoisotopic (exact) mass is 395 g/mol. The molecule has 154 valence electrons. The summed E-state index contributed by atoms with van der Waals surface area (Å²) < 4.78 is 5.39. The molecule has 1 amide bonds. The van der Waals surface area contributed by atoms with Crippen molar-refractivity contribution >= 4 is 17.5 Å². The van der Waals surface area contributed by atoms with E-state index in [9.17, 15) is 4.79 Å². The number of hydrogen-bond donors (Lipinski definition) is 1. The zero-order chi connectivity index (χ0) is 20.1. The van der Waals surface area contributed by atoms with Gasteiger partial charge in [0.1, 0.15) is 0 Å². The minimum absolute atomic E-state index is 0.0199. The van der Waals surface area contributed by atoms with Crippen molar-refractivity contribution in [3.05, 3.63) is 47.5 Å². The number of nitrogens with zero attached hydrogens (tertiary/aromatic N) is 4. The van der Waals surface area contributed by atoms with Crippen LogP contribution in [0.25, 0.3) is 0 Å². The van der Waals surface area contributed by atoms with Crippen molar-refractivity contribution in [1.82, 2.24) is 15.5 Å². The van der Waals surface area contributed by atoms with E-state index in [-0.39, 0.29) is 11.8 Å². The average molecular weight is 396 g/mol. The number of benzene rings is 1. The van der Waals surface area contributed by atoms with Crippen molar-refractivity contribution in [2.45, 2.75) is 26.3 Å². The summed E-state index contributed by atoms with van der Waals surface area (Å²) in [6, 6.07) is 12.2. The zero-order valence-corrected chi connectivity index (χ0v) is 17.0. The van der Waals surface area contributed by atoms with Crippen LogP contribution in [0, 0.1) is 12.8 Å². The number of rotatable bonds is 5. The number of amides is 1. The Bertz CT molecular complexity index is 820. The molecular weight excluding hydrogens is 366 g/mol. The minimum Gasteiger partial charge on any atom is -0.378 e. The van der Waals surface area contributed by atoms with Crippen molar-refractivity contribution in [1.29, 1.82) is 0 Å². The number of aromatic nitrogens is 2. The Hall–Kier alpha value is -2.67. The number of aryl methyl sites for hydroxylation is 1. The number of morpholine rings is 1. The van der Waals surface area contributed by atoms with E-state index in [0.29, 0.717) is 13.1 Å². The smallest absolute Gasteiger partial charge is 0.225 e. The number of anilines is 2. The Balaban J connectivity index is 1.34. The summed E-state index contributed by atoms with van der Waals surface area (Å²) in [4.78, 5) is 17.1. The molecule has 0 aliphatic carbocycles. The van der Waals surface area contributed by atoms with Gasteiger partial charge in [-0.2, -0.15) is 0 Å². The molecule has 0 spiro atoms. The van der Waals surface area contributed by atoms with Gasteiger partial charge in [-0.3, -0.25) is 4.79 Å². The summed E-state index contributed by atoms with van der Waals surface area (Å²) in [5.41, 5.74) is 2.37. The number of hydrogen-bond acceptors (Lipinski definition) is 6. The van der Waals surface area contributed by atoms with Crippen LogP contribution in [0.15, 0.2) is 36.4 Å². The maximum absolute atomic E-state index is 12.7. The molecule has 1 unspecified atom stereocenters. The summed E-state index contributed by atoms with van der Waals surface area (Å²) in [5, 5.41) is 12.0. The fourth-order valence-corrected chi connectivity index (χ4v) is 3.98. The fraction of sp³-hybridized carbons (Fsp3) is 0.500. The molecule has 1 aromatic carbocycles. The molecule has 0 saturated carbocycles. The van der Waals surface area contributed by atoms with Gasteiger partial charge in [-0.15, -0.1) is 10.2 Å². The number of carbonyl (C=O) groups is 1. The van der Waals surface area contributed by atoms with Gasteiger partial charge in [0, 0.05) is 32.7 Å². The van der Waals surface area contributed by atoms with Crippen LogP contribution in [0.4, 0.5) is 11.6 Å². The van der Waals surface area contributed by atoms with Gasteiger partial charge in [0.25, 0.3) is 0 Å². The lowest BCUT2D eigenvalue weighted by Gasteiger charge is -2.33. The molecule has 2 saturated heterocycles. The molecule has 2 aliphatic rings. The third-order valence-corrected chi connectivity index (χ3v) is 5.80. The fourth-order valence-electron chi connectivity index (χ4n) is 3.98. The Morgan fingerprint density at radius 3 is 2.52 bits per heavy atom. The van der Waals surface area contributed by atoms with Gasteiger partial charge in [-0.25, -0.2) is 0 Å². The Labute approximate surface area is 172 Å². The maximum Gasteiger partial charge on any atom is 0.225 e. The van der Waals surface area contributed by atoms with Gasteiger partial charge in [-0.1, -0.05) is 24.3 Å². The summed E-state index contributed by atoms with van der Waals surface area (Å²) in [6.07, 6.45) is 1.89. The molecule has 1 atom stereocenters. The van der Waals surface area contributed by atoms with Gasteiger partial charge in [0.15, 0.2) is 11.6 Å². The van der Waals surface area contributed by atoms with Gasteiger partial charge in [-0.05, 0) is 43.0 Å². The van der Waals surface area contributed by atoms with Gasteiger partial charge >= 0.3 is 0 Å². The maximum atomic E-state index is 12.7. The van der Waals surface area contributed by atoms with Crippen LogP contribution >= 0.6 is 0 Å². The predicted molar refractivity (Wildman–Crippen MR) is 113 cm³/mol. The third-order valence-electron chi connectivity index (χ3n) is 5.80. The molecule has 2 aromatic rings. The second-order valence-corrected chi connectivity index (χ2v) is 7.78. The van der Waals surface area contributed by atoms with Crippen LogP contribution in [-0.4, -0.2) is 55.5 Å². The summed E-state index contributed by atoms with van der Waals surface area (Å²) in [5.74, 6) is 1.84. The SMILES string of the molecule is Cc1ccccc1CNC(=O)C1CCCN(c2ccc(N3CCOCC3)nn2)C1. The molecule has 0 bridgehead atoms. The number of ether oxygens (including phenoxy) is 1. The first kappa shape index (κ1) is 19.6. The van der Waals surface area contributed by atoms with Gasteiger partial charge < -0.3 is 19.9 Å². The van der Waals surface area contributed by atoms with Crippen molar-refractivity contribution < 1.29 is 9.53 Å². The number of piperidine rings is 1. The second kappa shape index (κ2) is 9.22. The van der Waals surface area contributed by atoms with E-state index in [0.717, 1.165) is 62.9 Å². The molecule has 1 aromatic heterocycles. The first-order valence-electron chi connectivity index (χ1n) is 10.4. The first-order valence-corrected chi connectivity index (χ1v) is 10.4. The number of carbonyl (C=O) groups excluding carboxylic acids is 1. The normalized spacial score (nSPS) is 19.8. The van der Waals surface area contributed by atoms with Gasteiger partial charge in [0.05, 0.1) is 19.1 Å². The van der Waals surface area contributed by atoms with E-state index >= 15 is 0 Å². The molecule has 1 N–H and O–H groups in total. The van der Waals surface area contributed by atoms with Crippen LogP contribution in [0.1, 0.15) is 24.0 Å². The zero-order valence-electron chi connectivity index (χ0n) is 17.0. The standard InChI is InChI=1S/C22H29N5O2/c1-17-5-2-3-6-18(17)15-23-22(28)19-7-4-10-27(16-19)21-9-8-20(24-25-21)26-11-13-29-14-12-26/h2-3,5-6,8-9,19H,4,7,10-16H2,1H3,(H,23,28). The molecule has 4 rings (SSSR count). The molecular formula is C22H29N5O2. The van der Waals surface area contributed by atoms with E-state index in [2.05, 4.69) is 44.4 Å². The van der Waals surface area contributed by atoms with Crippen molar-refractivity contribution in [3.8, 4) is 0 Å². The highest BCUT2D eigenvalue weighted by Gasteiger charge is 2.27. The molecule has 2 aliphatic heterocycles. The summed E-state index contributed by atoms with van der Waals surface area (Å²) in [6.45, 7) is 7.41.